The predicted octanol–water partition coefficient (Wildman–Crippen LogP) is -3.91. The van der Waals surface area contributed by atoms with Gasteiger partial charge in [0.1, 0.15) is 36.3 Å². The van der Waals surface area contributed by atoms with Crippen molar-refractivity contribution in [2.45, 2.75) is 134 Å². The van der Waals surface area contributed by atoms with Crippen molar-refractivity contribution in [1.82, 2.24) is 36.8 Å². The van der Waals surface area contributed by atoms with Crippen LogP contribution in [0.1, 0.15) is 85.5 Å². The van der Waals surface area contributed by atoms with Crippen molar-refractivity contribution < 1.29 is 43.5 Å². The van der Waals surface area contributed by atoms with E-state index in [2.05, 4.69) is 31.9 Å². The third-order valence-electron chi connectivity index (χ3n) is 9.18. The number of nitrogens with zero attached hydrogens (tertiary/aromatic N) is 1. The second kappa shape index (κ2) is 21.2. The van der Waals surface area contributed by atoms with Gasteiger partial charge in [0.15, 0.2) is 0 Å². The second-order valence-corrected chi connectivity index (χ2v) is 13.8. The van der Waals surface area contributed by atoms with E-state index in [1.807, 2.05) is 0 Å². The number of hydrogen-bond donors (Lipinski definition) is 10. The van der Waals surface area contributed by atoms with Gasteiger partial charge in [0.2, 0.25) is 47.3 Å². The van der Waals surface area contributed by atoms with Crippen LogP contribution in [0.15, 0.2) is 0 Å². The lowest BCUT2D eigenvalue weighted by Crippen LogP contribution is -2.62. The van der Waals surface area contributed by atoms with Crippen molar-refractivity contribution >= 4 is 47.3 Å². The Balaban J connectivity index is 2.23. The van der Waals surface area contributed by atoms with E-state index in [1.165, 1.54) is 18.7 Å². The normalized spacial score (nSPS) is 20.5. The van der Waals surface area contributed by atoms with Crippen LogP contribution in [0, 0.1) is 5.92 Å². The van der Waals surface area contributed by atoms with E-state index in [9.17, 15) is 43.5 Å². The van der Waals surface area contributed by atoms with Gasteiger partial charge in [0.25, 0.3) is 0 Å². The summed E-state index contributed by atoms with van der Waals surface area (Å²) < 4.78 is 0. The highest BCUT2D eigenvalue weighted by Gasteiger charge is 2.40. The molecule has 19 nitrogen and oxygen atoms in total. The molecule has 2 fully saturated rings. The number of hydrogen-bond acceptors (Lipinski definition) is 11. The first-order chi connectivity index (χ1) is 24.5. The Morgan fingerprint density at radius 3 is 2.00 bits per heavy atom. The van der Waals surface area contributed by atoms with Crippen LogP contribution in [-0.2, 0) is 38.4 Å². The van der Waals surface area contributed by atoms with E-state index in [0.717, 1.165) is 6.42 Å². The molecule has 1 unspecified atom stereocenters. The van der Waals surface area contributed by atoms with Crippen molar-refractivity contribution in [2.24, 2.45) is 23.1 Å². The minimum atomic E-state index is -1.50. The van der Waals surface area contributed by atoms with E-state index < -0.39 is 89.7 Å². The average molecular weight is 739 g/mol. The molecule has 0 bridgehead atoms. The van der Waals surface area contributed by atoms with Crippen LogP contribution in [0.4, 0.5) is 0 Å². The summed E-state index contributed by atoms with van der Waals surface area (Å²) in [6.07, 6.45) is 1.34. The molecule has 294 valence electrons. The van der Waals surface area contributed by atoms with Gasteiger partial charge in [0, 0.05) is 13.0 Å². The highest BCUT2D eigenvalue weighted by molar-refractivity contribution is 5.97. The fourth-order valence-corrected chi connectivity index (χ4v) is 6.07. The SMILES string of the molecule is CC(C)[C@H](NC(=O)[C@@H]1CCCN1)C(=O)N[C@H](C(=O)N[C@@H](CCCCN)C(=O)N1CCC[C@H]1C(=O)N[C@@H](CCC(N)=O)C(=O)N[C@H](C)C(N)=O)C(C)O. The van der Waals surface area contributed by atoms with E-state index in [-0.39, 0.29) is 44.1 Å². The van der Waals surface area contributed by atoms with Crippen LogP contribution in [-0.4, -0.2) is 125 Å². The lowest BCUT2D eigenvalue weighted by atomic mass is 10.0. The number of carbonyl (C=O) groups excluding carboxylic acids is 8. The summed E-state index contributed by atoms with van der Waals surface area (Å²) in [5, 5.41) is 26.5. The third-order valence-corrected chi connectivity index (χ3v) is 9.18. The minimum Gasteiger partial charge on any atom is -0.391 e. The molecule has 0 radical (unpaired) electrons. The Bertz CT molecular complexity index is 1290. The lowest BCUT2D eigenvalue weighted by molar-refractivity contribution is -0.143. The lowest BCUT2D eigenvalue weighted by Gasteiger charge is -2.31. The number of amides is 8. The standard InChI is InChI=1S/C33H58N10O9/c1-17(2)25(41-28(47)20-10-7-15-37-20)31(50)42-26(19(4)44)32(51)40-22(9-5-6-14-34)33(52)43-16-8-11-23(43)30(49)39-21(12-13-24(35)45)29(48)38-18(3)27(36)46/h17-23,25-26,37,44H,5-16,34H2,1-4H3,(H2,35,45)(H2,36,46)(H,38,48)(H,39,49)(H,40,51)(H,41,47)(H,42,50)/t18-,19?,20+,21+,22+,23+,25+,26+/m1/s1. The van der Waals surface area contributed by atoms with E-state index in [1.54, 1.807) is 13.8 Å². The van der Waals surface area contributed by atoms with Gasteiger partial charge in [-0.15, -0.1) is 0 Å². The Hall–Kier alpha value is -4.36. The summed E-state index contributed by atoms with van der Waals surface area (Å²) in [5.74, 6) is -5.86. The molecule has 0 aromatic rings. The number of nitrogens with one attached hydrogen (secondary N) is 6. The van der Waals surface area contributed by atoms with Gasteiger partial charge in [-0.3, -0.25) is 38.4 Å². The van der Waals surface area contributed by atoms with Crippen molar-refractivity contribution in [3.63, 3.8) is 0 Å². The number of nitrogens with two attached hydrogens (primary N) is 3. The molecule has 0 aromatic heterocycles. The molecule has 2 saturated heterocycles. The maximum absolute atomic E-state index is 14.0. The van der Waals surface area contributed by atoms with Gasteiger partial charge in [-0.1, -0.05) is 13.8 Å². The van der Waals surface area contributed by atoms with Gasteiger partial charge in [-0.05, 0) is 84.2 Å². The van der Waals surface area contributed by atoms with Crippen LogP contribution in [0.3, 0.4) is 0 Å². The van der Waals surface area contributed by atoms with Crippen LogP contribution in [0.25, 0.3) is 0 Å². The number of likely N-dealkylation sites (tertiary alicyclic amines) is 1. The van der Waals surface area contributed by atoms with Crippen molar-refractivity contribution in [3.05, 3.63) is 0 Å². The Morgan fingerprint density at radius 2 is 1.44 bits per heavy atom. The van der Waals surface area contributed by atoms with E-state index >= 15 is 0 Å². The molecule has 8 amide bonds. The molecular formula is C33H58N10O9. The van der Waals surface area contributed by atoms with Gasteiger partial charge in [-0.2, -0.15) is 0 Å². The van der Waals surface area contributed by atoms with Gasteiger partial charge < -0.3 is 59.1 Å². The zero-order chi connectivity index (χ0) is 39.1. The third kappa shape index (κ3) is 13.3. The largest absolute Gasteiger partial charge is 0.391 e. The maximum atomic E-state index is 14.0. The first-order valence-electron chi connectivity index (χ1n) is 18.0. The molecule has 2 aliphatic rings. The van der Waals surface area contributed by atoms with Crippen LogP contribution in [0.2, 0.25) is 0 Å². The summed E-state index contributed by atoms with van der Waals surface area (Å²) >= 11 is 0. The summed E-state index contributed by atoms with van der Waals surface area (Å²) in [6, 6.07) is -7.51. The van der Waals surface area contributed by atoms with Gasteiger partial charge in [0.05, 0.1) is 12.1 Å². The molecule has 0 spiro atoms. The van der Waals surface area contributed by atoms with E-state index in [4.69, 9.17) is 17.2 Å². The molecule has 0 aliphatic carbocycles. The molecule has 0 aromatic carbocycles. The molecule has 2 aliphatic heterocycles. The number of carbonyl (C=O) groups is 8. The topological polar surface area (TPSA) is 310 Å². The number of rotatable bonds is 21. The van der Waals surface area contributed by atoms with Gasteiger partial charge >= 0.3 is 0 Å². The molecular weight excluding hydrogens is 680 g/mol. The molecule has 2 heterocycles. The minimum absolute atomic E-state index is 0.126. The quantitative estimate of drug-likeness (QED) is 0.0508. The Morgan fingerprint density at radius 1 is 0.769 bits per heavy atom. The number of unbranched alkanes of at least 4 members (excludes halogenated alkanes) is 1. The van der Waals surface area contributed by atoms with Crippen LogP contribution < -0.4 is 49.1 Å². The smallest absolute Gasteiger partial charge is 0.245 e. The summed E-state index contributed by atoms with van der Waals surface area (Å²) in [5.41, 5.74) is 16.2. The van der Waals surface area contributed by atoms with Crippen LogP contribution in [0.5, 0.6) is 0 Å². The highest BCUT2D eigenvalue weighted by atomic mass is 16.3. The predicted molar refractivity (Wildman–Crippen MR) is 188 cm³/mol. The zero-order valence-electron chi connectivity index (χ0n) is 30.6. The monoisotopic (exact) mass is 738 g/mol. The number of primary amides is 2. The second-order valence-electron chi connectivity index (χ2n) is 13.8. The van der Waals surface area contributed by atoms with Crippen molar-refractivity contribution in [2.75, 3.05) is 19.6 Å². The Kier molecular flexibility index (Phi) is 17.9. The average Bonchev–Trinajstić information content (AvgIpc) is 3.80. The summed E-state index contributed by atoms with van der Waals surface area (Å²) in [4.78, 5) is 104. The van der Waals surface area contributed by atoms with Crippen molar-refractivity contribution in [3.8, 4) is 0 Å². The first-order valence-corrected chi connectivity index (χ1v) is 18.0. The summed E-state index contributed by atoms with van der Waals surface area (Å²) in [7, 11) is 0. The fourth-order valence-electron chi connectivity index (χ4n) is 6.07. The van der Waals surface area contributed by atoms with Crippen LogP contribution >= 0.6 is 0 Å². The number of aliphatic hydroxyl groups excluding tert-OH is 1. The molecule has 0 saturated carbocycles. The molecule has 8 atom stereocenters. The molecule has 52 heavy (non-hydrogen) atoms. The highest BCUT2D eigenvalue weighted by Crippen LogP contribution is 2.21. The Labute approximate surface area is 304 Å². The van der Waals surface area contributed by atoms with E-state index in [0.29, 0.717) is 38.8 Å². The number of aliphatic hydroxyl groups is 1. The molecule has 19 heteroatoms. The maximum Gasteiger partial charge on any atom is 0.245 e. The van der Waals surface area contributed by atoms with Gasteiger partial charge in [-0.25, -0.2) is 0 Å². The zero-order valence-corrected chi connectivity index (χ0v) is 30.6. The first kappa shape index (κ1) is 43.8. The molecule has 2 rings (SSSR count). The summed E-state index contributed by atoms with van der Waals surface area (Å²) in [6.45, 7) is 7.27. The fraction of sp³-hybridized carbons (Fsp3) is 0.758. The van der Waals surface area contributed by atoms with Crippen molar-refractivity contribution in [1.29, 1.82) is 0 Å². The molecule has 13 N–H and O–H groups in total.